The average Bonchev–Trinajstić information content (AvgIpc) is 2.54. The molecule has 0 N–H and O–H groups in total. The Kier molecular flexibility index (Phi) is 4.36. The fourth-order valence-electron chi connectivity index (χ4n) is 1.71. The zero-order valence-electron chi connectivity index (χ0n) is 7.96. The van der Waals surface area contributed by atoms with Gasteiger partial charge in [-0.25, -0.2) is 4.79 Å². The maximum atomic E-state index is 11.4. The van der Waals surface area contributed by atoms with E-state index in [1.165, 1.54) is 0 Å². The van der Waals surface area contributed by atoms with Crippen molar-refractivity contribution in [1.29, 1.82) is 0 Å². The molecule has 1 fully saturated rings. The number of alkyl halides is 1. The van der Waals surface area contributed by atoms with E-state index in [2.05, 4.69) is 0 Å². The minimum absolute atomic E-state index is 0.185. The van der Waals surface area contributed by atoms with E-state index < -0.39 is 0 Å². The third-order valence-electron chi connectivity index (χ3n) is 2.32. The summed E-state index contributed by atoms with van der Waals surface area (Å²) in [5.41, 5.74) is 0. The highest BCUT2D eigenvalue weighted by atomic mass is 35.5. The van der Waals surface area contributed by atoms with Gasteiger partial charge in [0, 0.05) is 18.5 Å². The van der Waals surface area contributed by atoms with E-state index in [1.54, 1.807) is 4.90 Å². The summed E-state index contributed by atoms with van der Waals surface area (Å²) in [6.45, 7) is 3.09. The average molecular weight is 206 g/mol. The lowest BCUT2D eigenvalue weighted by atomic mass is 10.2. The third-order valence-corrected chi connectivity index (χ3v) is 2.54. The predicted molar refractivity (Wildman–Crippen MR) is 52.1 cm³/mol. The van der Waals surface area contributed by atoms with Gasteiger partial charge < -0.3 is 9.64 Å². The van der Waals surface area contributed by atoms with Crippen molar-refractivity contribution in [3.63, 3.8) is 0 Å². The molecule has 0 aliphatic carbocycles. The van der Waals surface area contributed by atoms with Crippen LogP contribution in [0.1, 0.15) is 26.2 Å². The minimum atomic E-state index is -0.185. The molecule has 1 aliphatic rings. The molecule has 1 atom stereocenters. The van der Waals surface area contributed by atoms with Crippen LogP contribution in [0.2, 0.25) is 0 Å². The highest BCUT2D eigenvalue weighted by Gasteiger charge is 2.28. The molecule has 0 aromatic heterocycles. The summed E-state index contributed by atoms with van der Waals surface area (Å²) in [6, 6.07) is 0.302. The molecule has 1 heterocycles. The summed E-state index contributed by atoms with van der Waals surface area (Å²) >= 11 is 5.65. The Morgan fingerprint density at radius 2 is 2.46 bits per heavy atom. The highest BCUT2D eigenvalue weighted by Crippen LogP contribution is 2.21. The fourth-order valence-corrected chi connectivity index (χ4v) is 1.96. The van der Waals surface area contributed by atoms with Crippen molar-refractivity contribution < 1.29 is 9.53 Å². The van der Waals surface area contributed by atoms with Gasteiger partial charge in [0.05, 0.1) is 6.61 Å². The molecule has 1 amide bonds. The number of hydrogen-bond acceptors (Lipinski definition) is 2. The van der Waals surface area contributed by atoms with Gasteiger partial charge in [0.15, 0.2) is 0 Å². The topological polar surface area (TPSA) is 29.5 Å². The summed E-state index contributed by atoms with van der Waals surface area (Å²) in [5.74, 6) is 0.612. The van der Waals surface area contributed by atoms with Gasteiger partial charge in [-0.05, 0) is 26.2 Å². The highest BCUT2D eigenvalue weighted by molar-refractivity contribution is 6.17. The first-order valence-corrected chi connectivity index (χ1v) is 5.32. The second-order valence-electron chi connectivity index (χ2n) is 3.17. The van der Waals surface area contributed by atoms with Crippen molar-refractivity contribution in [3.8, 4) is 0 Å². The number of likely N-dealkylation sites (tertiary alicyclic amines) is 1. The number of rotatable bonds is 3. The summed E-state index contributed by atoms with van der Waals surface area (Å²) < 4.78 is 4.95. The predicted octanol–water partition coefficient (Wildman–Crippen LogP) is 2.24. The quantitative estimate of drug-likeness (QED) is 0.662. The van der Waals surface area contributed by atoms with E-state index in [1.807, 2.05) is 6.92 Å². The van der Waals surface area contributed by atoms with Crippen LogP contribution in [0.4, 0.5) is 4.79 Å². The van der Waals surface area contributed by atoms with Gasteiger partial charge in [0.25, 0.3) is 0 Å². The van der Waals surface area contributed by atoms with E-state index in [9.17, 15) is 4.79 Å². The minimum Gasteiger partial charge on any atom is -0.450 e. The number of ether oxygens (including phenoxy) is 1. The molecule has 0 unspecified atom stereocenters. The Balaban J connectivity index is 2.42. The molecule has 0 spiro atoms. The van der Waals surface area contributed by atoms with Crippen LogP contribution in [0.25, 0.3) is 0 Å². The van der Waals surface area contributed by atoms with E-state index in [0.29, 0.717) is 18.5 Å². The molecular weight excluding hydrogens is 190 g/mol. The van der Waals surface area contributed by atoms with Crippen LogP contribution >= 0.6 is 11.6 Å². The second kappa shape index (κ2) is 5.32. The molecule has 0 aromatic carbocycles. The summed E-state index contributed by atoms with van der Waals surface area (Å²) in [6.07, 6.45) is 2.82. The molecule has 0 aromatic rings. The van der Waals surface area contributed by atoms with Crippen LogP contribution in [0, 0.1) is 0 Å². The van der Waals surface area contributed by atoms with Crippen molar-refractivity contribution in [1.82, 2.24) is 4.90 Å². The molecule has 3 nitrogen and oxygen atoms in total. The van der Waals surface area contributed by atoms with Crippen LogP contribution in [0.5, 0.6) is 0 Å². The van der Waals surface area contributed by atoms with Gasteiger partial charge in [0.1, 0.15) is 0 Å². The maximum absolute atomic E-state index is 11.4. The molecule has 4 heteroatoms. The molecule has 1 aliphatic heterocycles. The molecule has 0 bridgehead atoms. The SMILES string of the molecule is CCOC(=O)N1CCC[C@@H]1CCCl. The fraction of sp³-hybridized carbons (Fsp3) is 0.889. The number of hydrogen-bond donors (Lipinski definition) is 0. The van der Waals surface area contributed by atoms with Crippen molar-refractivity contribution in [2.24, 2.45) is 0 Å². The lowest BCUT2D eigenvalue weighted by Gasteiger charge is -2.22. The Morgan fingerprint density at radius 1 is 1.69 bits per heavy atom. The van der Waals surface area contributed by atoms with Crippen LogP contribution in [0.15, 0.2) is 0 Å². The number of carbonyl (C=O) groups is 1. The van der Waals surface area contributed by atoms with Gasteiger partial charge in [-0.3, -0.25) is 0 Å². The Hall–Kier alpha value is -0.440. The van der Waals surface area contributed by atoms with E-state index >= 15 is 0 Å². The molecule has 1 saturated heterocycles. The van der Waals surface area contributed by atoms with E-state index in [0.717, 1.165) is 25.8 Å². The Morgan fingerprint density at radius 3 is 3.08 bits per heavy atom. The third kappa shape index (κ3) is 2.76. The number of amides is 1. The number of nitrogens with zero attached hydrogens (tertiary/aromatic N) is 1. The number of halogens is 1. The van der Waals surface area contributed by atoms with Crippen LogP contribution in [0.3, 0.4) is 0 Å². The first-order valence-electron chi connectivity index (χ1n) is 4.79. The van der Waals surface area contributed by atoms with Crippen molar-refractivity contribution in [2.45, 2.75) is 32.2 Å². The molecule has 13 heavy (non-hydrogen) atoms. The molecule has 1 rings (SSSR count). The zero-order valence-corrected chi connectivity index (χ0v) is 8.72. The smallest absolute Gasteiger partial charge is 0.409 e. The zero-order chi connectivity index (χ0) is 9.68. The molecule has 0 saturated carbocycles. The lowest BCUT2D eigenvalue weighted by molar-refractivity contribution is 0.102. The van der Waals surface area contributed by atoms with Gasteiger partial charge in [0.2, 0.25) is 0 Å². The number of carbonyl (C=O) groups excluding carboxylic acids is 1. The van der Waals surface area contributed by atoms with Gasteiger partial charge in [-0.2, -0.15) is 0 Å². The largest absolute Gasteiger partial charge is 0.450 e. The van der Waals surface area contributed by atoms with Crippen LogP contribution in [-0.2, 0) is 4.74 Å². The lowest BCUT2D eigenvalue weighted by Crippen LogP contribution is -2.36. The van der Waals surface area contributed by atoms with Gasteiger partial charge >= 0.3 is 6.09 Å². The summed E-state index contributed by atoms with van der Waals surface area (Å²) in [5, 5.41) is 0. The Labute approximate surface area is 84.0 Å². The van der Waals surface area contributed by atoms with Gasteiger partial charge in [-0.1, -0.05) is 0 Å². The van der Waals surface area contributed by atoms with E-state index in [4.69, 9.17) is 16.3 Å². The normalized spacial score (nSPS) is 22.0. The van der Waals surface area contributed by atoms with Crippen LogP contribution < -0.4 is 0 Å². The van der Waals surface area contributed by atoms with Crippen molar-refractivity contribution in [2.75, 3.05) is 19.0 Å². The monoisotopic (exact) mass is 205 g/mol. The first kappa shape index (κ1) is 10.6. The summed E-state index contributed by atoms with van der Waals surface area (Å²) in [7, 11) is 0. The van der Waals surface area contributed by atoms with Gasteiger partial charge in [-0.15, -0.1) is 11.6 Å². The van der Waals surface area contributed by atoms with E-state index in [-0.39, 0.29) is 6.09 Å². The maximum Gasteiger partial charge on any atom is 0.409 e. The first-order chi connectivity index (χ1) is 6.29. The molecular formula is C9H16ClNO2. The van der Waals surface area contributed by atoms with Crippen molar-refractivity contribution in [3.05, 3.63) is 0 Å². The standard InChI is InChI=1S/C9H16ClNO2/c1-2-13-9(12)11-7-3-4-8(11)5-6-10/h8H,2-7H2,1H3/t8-/m1/s1. The Bertz CT molecular complexity index is 175. The molecule has 0 radical (unpaired) electrons. The van der Waals surface area contributed by atoms with Crippen LogP contribution in [-0.4, -0.2) is 36.1 Å². The summed E-state index contributed by atoms with van der Waals surface area (Å²) in [4.78, 5) is 13.2. The molecule has 76 valence electrons. The second-order valence-corrected chi connectivity index (χ2v) is 3.54. The van der Waals surface area contributed by atoms with Crippen molar-refractivity contribution >= 4 is 17.7 Å².